The van der Waals surface area contributed by atoms with Gasteiger partial charge in [0.05, 0.1) is 0 Å². The van der Waals surface area contributed by atoms with Crippen LogP contribution in [0, 0.1) is 5.92 Å². The molecule has 1 amide bonds. The van der Waals surface area contributed by atoms with Crippen molar-refractivity contribution in [2.24, 2.45) is 5.92 Å². The van der Waals surface area contributed by atoms with Crippen LogP contribution in [0.15, 0.2) is 0 Å². The zero-order valence-electron chi connectivity index (χ0n) is 9.58. The van der Waals surface area contributed by atoms with E-state index in [4.69, 9.17) is 4.74 Å². The van der Waals surface area contributed by atoms with E-state index in [2.05, 4.69) is 5.32 Å². The first kappa shape index (κ1) is 12.0. The summed E-state index contributed by atoms with van der Waals surface area (Å²) in [7, 11) is 0. The molecule has 2 unspecified atom stereocenters. The van der Waals surface area contributed by atoms with Gasteiger partial charge in [0.15, 0.2) is 0 Å². The second-order valence-electron chi connectivity index (χ2n) is 4.98. The van der Waals surface area contributed by atoms with Crippen LogP contribution < -0.4 is 5.32 Å². The molecule has 1 N–H and O–H groups in total. The summed E-state index contributed by atoms with van der Waals surface area (Å²) in [5.41, 5.74) is -0.487. The summed E-state index contributed by atoms with van der Waals surface area (Å²) in [5, 5.41) is 2.74. The lowest BCUT2D eigenvalue weighted by Gasteiger charge is -2.22. The summed E-state index contributed by atoms with van der Waals surface area (Å²) in [4.78, 5) is 22.1. The van der Waals surface area contributed by atoms with E-state index in [-0.39, 0.29) is 12.0 Å². The first-order valence-corrected chi connectivity index (χ1v) is 5.37. The first-order valence-electron chi connectivity index (χ1n) is 5.37. The van der Waals surface area contributed by atoms with E-state index < -0.39 is 11.7 Å². The van der Waals surface area contributed by atoms with Crippen molar-refractivity contribution in [3.63, 3.8) is 0 Å². The van der Waals surface area contributed by atoms with Gasteiger partial charge in [0, 0.05) is 12.0 Å². The van der Waals surface area contributed by atoms with Crippen LogP contribution in [0.5, 0.6) is 0 Å². The molecule has 0 aromatic carbocycles. The molecule has 1 fully saturated rings. The molecular weight excluding hydrogens is 194 g/mol. The standard InChI is InChI=1S/C11H19NO3/c1-11(2,3)15-10(14)12-9-6-4-5-8(9)7-13/h7-9H,4-6H2,1-3H3,(H,12,14). The van der Waals surface area contributed by atoms with Crippen LogP contribution in [0.2, 0.25) is 0 Å². The minimum atomic E-state index is -0.487. The van der Waals surface area contributed by atoms with Crippen molar-refractivity contribution in [2.75, 3.05) is 0 Å². The number of nitrogens with one attached hydrogen (secondary N) is 1. The van der Waals surface area contributed by atoms with E-state index in [1.54, 1.807) is 0 Å². The number of alkyl carbamates (subject to hydrolysis) is 1. The Morgan fingerprint density at radius 2 is 2.07 bits per heavy atom. The van der Waals surface area contributed by atoms with Crippen LogP contribution in [0.25, 0.3) is 0 Å². The highest BCUT2D eigenvalue weighted by Crippen LogP contribution is 2.24. The van der Waals surface area contributed by atoms with Crippen molar-refractivity contribution >= 4 is 12.4 Å². The predicted octanol–water partition coefficient (Wildman–Crippen LogP) is 1.88. The highest BCUT2D eigenvalue weighted by molar-refractivity contribution is 5.69. The maximum Gasteiger partial charge on any atom is 0.407 e. The second-order valence-corrected chi connectivity index (χ2v) is 4.98. The molecule has 2 atom stereocenters. The molecule has 1 rings (SSSR count). The van der Waals surface area contributed by atoms with Gasteiger partial charge in [-0.05, 0) is 33.6 Å². The first-order chi connectivity index (χ1) is 6.92. The van der Waals surface area contributed by atoms with Crippen molar-refractivity contribution in [1.82, 2.24) is 5.32 Å². The average molecular weight is 213 g/mol. The van der Waals surface area contributed by atoms with Gasteiger partial charge in [-0.2, -0.15) is 0 Å². The van der Waals surface area contributed by atoms with Crippen molar-refractivity contribution in [2.45, 2.75) is 51.7 Å². The molecule has 4 heteroatoms. The topological polar surface area (TPSA) is 55.4 Å². The predicted molar refractivity (Wildman–Crippen MR) is 56.6 cm³/mol. The fourth-order valence-electron chi connectivity index (χ4n) is 1.79. The molecular formula is C11H19NO3. The van der Waals surface area contributed by atoms with Crippen LogP contribution in [0.4, 0.5) is 4.79 Å². The molecule has 0 aliphatic heterocycles. The number of amides is 1. The average Bonchev–Trinajstić information content (AvgIpc) is 2.48. The molecule has 0 spiro atoms. The third-order valence-electron chi connectivity index (χ3n) is 2.45. The lowest BCUT2D eigenvalue weighted by atomic mass is 10.1. The van der Waals surface area contributed by atoms with Gasteiger partial charge in [-0.3, -0.25) is 0 Å². The van der Waals surface area contributed by atoms with E-state index in [1.807, 2.05) is 20.8 Å². The Labute approximate surface area is 90.4 Å². The highest BCUT2D eigenvalue weighted by atomic mass is 16.6. The van der Waals surface area contributed by atoms with Crippen molar-refractivity contribution in [3.8, 4) is 0 Å². The largest absolute Gasteiger partial charge is 0.444 e. The van der Waals surface area contributed by atoms with Crippen LogP contribution >= 0.6 is 0 Å². The summed E-state index contributed by atoms with van der Waals surface area (Å²) in [6.07, 6.45) is 3.21. The van der Waals surface area contributed by atoms with Gasteiger partial charge >= 0.3 is 6.09 Å². The number of hydrogen-bond donors (Lipinski definition) is 1. The monoisotopic (exact) mass is 213 g/mol. The Kier molecular flexibility index (Phi) is 3.72. The zero-order valence-corrected chi connectivity index (χ0v) is 9.58. The Bertz CT molecular complexity index is 245. The van der Waals surface area contributed by atoms with Crippen molar-refractivity contribution in [1.29, 1.82) is 0 Å². The van der Waals surface area contributed by atoms with E-state index in [1.165, 1.54) is 0 Å². The number of aldehydes is 1. The summed E-state index contributed by atoms with van der Waals surface area (Å²) < 4.78 is 5.13. The molecule has 86 valence electrons. The number of hydrogen-bond acceptors (Lipinski definition) is 3. The van der Waals surface area contributed by atoms with Crippen LogP contribution in [-0.2, 0) is 9.53 Å². The Morgan fingerprint density at radius 1 is 1.40 bits per heavy atom. The summed E-state index contributed by atoms with van der Waals surface area (Å²) >= 11 is 0. The number of carbonyl (C=O) groups is 2. The fourth-order valence-corrected chi connectivity index (χ4v) is 1.79. The minimum Gasteiger partial charge on any atom is -0.444 e. The minimum absolute atomic E-state index is 0.0440. The summed E-state index contributed by atoms with van der Waals surface area (Å²) in [5.74, 6) is -0.0440. The Hall–Kier alpha value is -1.06. The summed E-state index contributed by atoms with van der Waals surface area (Å²) in [6, 6.07) is -0.0441. The lowest BCUT2D eigenvalue weighted by molar-refractivity contribution is -0.111. The van der Waals surface area contributed by atoms with Gasteiger partial charge in [0.25, 0.3) is 0 Å². The number of rotatable bonds is 2. The van der Waals surface area contributed by atoms with Crippen LogP contribution in [0.1, 0.15) is 40.0 Å². The molecule has 1 saturated carbocycles. The molecule has 0 bridgehead atoms. The van der Waals surface area contributed by atoms with Gasteiger partial charge in [-0.25, -0.2) is 4.79 Å². The van der Waals surface area contributed by atoms with Gasteiger partial charge < -0.3 is 14.8 Å². The number of carbonyl (C=O) groups excluding carboxylic acids is 2. The molecule has 0 saturated heterocycles. The molecule has 15 heavy (non-hydrogen) atoms. The highest BCUT2D eigenvalue weighted by Gasteiger charge is 2.29. The zero-order chi connectivity index (χ0) is 11.5. The SMILES string of the molecule is CC(C)(C)OC(=O)NC1CCCC1C=O. The molecule has 0 aromatic heterocycles. The Balaban J connectivity index is 2.41. The van der Waals surface area contributed by atoms with Gasteiger partial charge in [0.1, 0.15) is 11.9 Å². The van der Waals surface area contributed by atoms with E-state index in [0.29, 0.717) is 0 Å². The molecule has 1 aliphatic rings. The third kappa shape index (κ3) is 3.90. The van der Waals surface area contributed by atoms with Gasteiger partial charge in [0.2, 0.25) is 0 Å². The lowest BCUT2D eigenvalue weighted by Crippen LogP contribution is -2.41. The molecule has 0 heterocycles. The van der Waals surface area contributed by atoms with E-state index >= 15 is 0 Å². The van der Waals surface area contributed by atoms with Crippen molar-refractivity contribution in [3.05, 3.63) is 0 Å². The van der Waals surface area contributed by atoms with Crippen LogP contribution in [0.3, 0.4) is 0 Å². The van der Waals surface area contributed by atoms with Crippen LogP contribution in [-0.4, -0.2) is 24.0 Å². The van der Waals surface area contributed by atoms with Crippen molar-refractivity contribution < 1.29 is 14.3 Å². The second kappa shape index (κ2) is 4.64. The van der Waals surface area contributed by atoms with Gasteiger partial charge in [-0.1, -0.05) is 6.42 Å². The summed E-state index contributed by atoms with van der Waals surface area (Å²) in [6.45, 7) is 5.45. The number of ether oxygens (including phenoxy) is 1. The smallest absolute Gasteiger partial charge is 0.407 e. The normalized spacial score (nSPS) is 26.1. The Morgan fingerprint density at radius 3 is 2.60 bits per heavy atom. The molecule has 0 aromatic rings. The van der Waals surface area contributed by atoms with E-state index in [0.717, 1.165) is 25.5 Å². The fraction of sp³-hybridized carbons (Fsp3) is 0.818. The quantitative estimate of drug-likeness (QED) is 0.712. The van der Waals surface area contributed by atoms with Gasteiger partial charge in [-0.15, -0.1) is 0 Å². The maximum absolute atomic E-state index is 11.4. The molecule has 4 nitrogen and oxygen atoms in total. The third-order valence-corrected chi connectivity index (χ3v) is 2.45. The molecule has 0 radical (unpaired) electrons. The van der Waals surface area contributed by atoms with E-state index in [9.17, 15) is 9.59 Å². The molecule has 1 aliphatic carbocycles. The maximum atomic E-state index is 11.4.